The highest BCUT2D eigenvalue weighted by molar-refractivity contribution is 5.80. The maximum absolute atomic E-state index is 11.9. The van der Waals surface area contributed by atoms with E-state index >= 15 is 0 Å². The Balaban J connectivity index is 1.69. The first-order chi connectivity index (χ1) is 11.8. The second-order valence-corrected chi connectivity index (χ2v) is 7.02. The van der Waals surface area contributed by atoms with Crippen molar-refractivity contribution in [1.29, 1.82) is 0 Å². The predicted molar refractivity (Wildman–Crippen MR) is 95.5 cm³/mol. The maximum Gasteiger partial charge on any atom is 0.410 e. The van der Waals surface area contributed by atoms with E-state index in [0.717, 1.165) is 24.7 Å². The molecule has 0 atom stereocenters. The topological polar surface area (TPSA) is 96.7 Å². The summed E-state index contributed by atoms with van der Waals surface area (Å²) in [6, 6.07) is 0.180. The summed E-state index contributed by atoms with van der Waals surface area (Å²) in [6.07, 6.45) is 2.32. The summed E-state index contributed by atoms with van der Waals surface area (Å²) in [6.45, 7) is 10.4. The molecule has 1 aromatic rings. The fraction of sp³-hybridized carbons (Fsp3) is 0.750. The first kappa shape index (κ1) is 19.0. The molecule has 0 aromatic carbocycles. The van der Waals surface area contributed by atoms with E-state index in [2.05, 4.69) is 32.7 Å². The summed E-state index contributed by atoms with van der Waals surface area (Å²) in [5, 5.41) is 14.6. The normalized spacial score (nSPS) is 15.7. The summed E-state index contributed by atoms with van der Waals surface area (Å²) in [5.41, 5.74) is -0.466. The largest absolute Gasteiger partial charge is 0.444 e. The van der Waals surface area contributed by atoms with E-state index in [0.29, 0.717) is 19.6 Å². The molecule has 9 nitrogen and oxygen atoms in total. The number of nitrogens with one attached hydrogen (secondary N) is 2. The Morgan fingerprint density at radius 1 is 1.44 bits per heavy atom. The first-order valence-corrected chi connectivity index (χ1v) is 8.64. The van der Waals surface area contributed by atoms with Crippen LogP contribution in [0.25, 0.3) is 0 Å². The van der Waals surface area contributed by atoms with Gasteiger partial charge in [0.25, 0.3) is 0 Å². The van der Waals surface area contributed by atoms with Crippen LogP contribution in [0.2, 0.25) is 0 Å². The molecule has 1 aliphatic rings. The monoisotopic (exact) mass is 351 g/mol. The Bertz CT molecular complexity index is 600. The smallest absolute Gasteiger partial charge is 0.410 e. The Kier molecular flexibility index (Phi) is 6.22. The van der Waals surface area contributed by atoms with Crippen molar-refractivity contribution in [3.8, 4) is 0 Å². The molecule has 0 bridgehead atoms. The van der Waals surface area contributed by atoms with Crippen LogP contribution >= 0.6 is 0 Å². The molecule has 2 rings (SSSR count). The fourth-order valence-electron chi connectivity index (χ4n) is 2.47. The van der Waals surface area contributed by atoms with Crippen LogP contribution in [0.1, 0.15) is 33.5 Å². The Morgan fingerprint density at radius 3 is 2.76 bits per heavy atom. The van der Waals surface area contributed by atoms with Gasteiger partial charge >= 0.3 is 6.09 Å². The first-order valence-electron chi connectivity index (χ1n) is 8.64. The van der Waals surface area contributed by atoms with Gasteiger partial charge in [-0.05, 0) is 20.8 Å². The number of hydrogen-bond donors (Lipinski definition) is 2. The third kappa shape index (κ3) is 5.61. The SMILES string of the molecule is CCc1nncn1CCNC(=NC)NC1CN(C(=O)OC(C)(C)C)C1. The number of guanidine groups is 1. The van der Waals surface area contributed by atoms with Gasteiger partial charge in [0.2, 0.25) is 0 Å². The number of hydrogen-bond acceptors (Lipinski definition) is 5. The van der Waals surface area contributed by atoms with Gasteiger partial charge in [0.05, 0.1) is 6.04 Å². The molecular formula is C16H29N7O2. The molecule has 0 aliphatic carbocycles. The van der Waals surface area contributed by atoms with Crippen LogP contribution in [0.15, 0.2) is 11.3 Å². The lowest BCUT2D eigenvalue weighted by Crippen LogP contribution is -2.63. The number of nitrogens with zero attached hydrogens (tertiary/aromatic N) is 5. The minimum Gasteiger partial charge on any atom is -0.444 e. The van der Waals surface area contributed by atoms with Gasteiger partial charge in [-0.1, -0.05) is 6.92 Å². The number of carbonyl (C=O) groups is 1. The summed E-state index contributed by atoms with van der Waals surface area (Å²) in [4.78, 5) is 17.8. The van der Waals surface area contributed by atoms with Gasteiger partial charge in [0.1, 0.15) is 17.8 Å². The molecular weight excluding hydrogens is 322 g/mol. The van der Waals surface area contributed by atoms with E-state index in [1.54, 1.807) is 18.3 Å². The van der Waals surface area contributed by atoms with E-state index < -0.39 is 5.60 Å². The molecule has 25 heavy (non-hydrogen) atoms. The second kappa shape index (κ2) is 8.17. The average molecular weight is 351 g/mol. The highest BCUT2D eigenvalue weighted by Gasteiger charge is 2.34. The van der Waals surface area contributed by atoms with E-state index in [1.165, 1.54) is 0 Å². The van der Waals surface area contributed by atoms with Crippen LogP contribution in [0.5, 0.6) is 0 Å². The zero-order valence-electron chi connectivity index (χ0n) is 15.7. The van der Waals surface area contributed by atoms with Gasteiger partial charge in [-0.2, -0.15) is 0 Å². The number of ether oxygens (including phenoxy) is 1. The zero-order valence-corrected chi connectivity index (χ0v) is 15.7. The van der Waals surface area contributed by atoms with Crippen molar-refractivity contribution >= 4 is 12.1 Å². The molecule has 1 amide bonds. The molecule has 1 fully saturated rings. The summed E-state index contributed by atoms with van der Waals surface area (Å²) < 4.78 is 7.37. The molecule has 1 saturated heterocycles. The Hall–Kier alpha value is -2.32. The van der Waals surface area contributed by atoms with E-state index in [9.17, 15) is 4.79 Å². The van der Waals surface area contributed by atoms with Gasteiger partial charge in [-0.15, -0.1) is 10.2 Å². The van der Waals surface area contributed by atoms with Crippen molar-refractivity contribution in [2.75, 3.05) is 26.7 Å². The quantitative estimate of drug-likeness (QED) is 0.596. The lowest BCUT2D eigenvalue weighted by atomic mass is 10.1. The van der Waals surface area contributed by atoms with Crippen LogP contribution < -0.4 is 10.6 Å². The molecule has 1 aliphatic heterocycles. The van der Waals surface area contributed by atoms with Crippen molar-refractivity contribution in [3.05, 3.63) is 12.2 Å². The highest BCUT2D eigenvalue weighted by atomic mass is 16.6. The number of aliphatic imine (C=N–C) groups is 1. The van der Waals surface area contributed by atoms with Crippen LogP contribution in [0, 0.1) is 0 Å². The van der Waals surface area contributed by atoms with Crippen molar-refractivity contribution < 1.29 is 9.53 Å². The van der Waals surface area contributed by atoms with Gasteiger partial charge in [0.15, 0.2) is 5.96 Å². The summed E-state index contributed by atoms with van der Waals surface area (Å²) in [7, 11) is 1.73. The molecule has 1 aromatic heterocycles. The molecule has 2 heterocycles. The highest BCUT2D eigenvalue weighted by Crippen LogP contribution is 2.15. The van der Waals surface area contributed by atoms with Crippen molar-refractivity contribution in [2.24, 2.45) is 4.99 Å². The number of carbonyl (C=O) groups excluding carboxylic acids is 1. The van der Waals surface area contributed by atoms with E-state index in [1.807, 2.05) is 25.3 Å². The van der Waals surface area contributed by atoms with Gasteiger partial charge in [-0.25, -0.2) is 4.79 Å². The minimum absolute atomic E-state index is 0.180. The van der Waals surface area contributed by atoms with Crippen molar-refractivity contribution in [3.63, 3.8) is 0 Å². The zero-order chi connectivity index (χ0) is 18.4. The van der Waals surface area contributed by atoms with Crippen LogP contribution in [-0.4, -0.2) is 70.0 Å². The third-order valence-electron chi connectivity index (χ3n) is 3.75. The maximum atomic E-state index is 11.9. The number of aromatic nitrogens is 3. The van der Waals surface area contributed by atoms with Crippen LogP contribution in [-0.2, 0) is 17.7 Å². The third-order valence-corrected chi connectivity index (χ3v) is 3.75. The van der Waals surface area contributed by atoms with Gasteiger partial charge in [-0.3, -0.25) is 4.99 Å². The Morgan fingerprint density at radius 2 is 2.16 bits per heavy atom. The van der Waals surface area contributed by atoms with Crippen molar-refractivity contribution in [1.82, 2.24) is 30.3 Å². The number of aryl methyl sites for hydroxylation is 1. The molecule has 2 N–H and O–H groups in total. The fourth-order valence-corrected chi connectivity index (χ4v) is 2.47. The number of rotatable bonds is 5. The standard InChI is InChI=1S/C16H29N7O2/c1-6-13-21-19-11-22(13)8-7-18-14(17-5)20-12-9-23(10-12)15(24)25-16(2,3)4/h11-12H,6-10H2,1-5H3,(H2,17,18,20). The molecule has 140 valence electrons. The van der Waals surface area contributed by atoms with E-state index in [4.69, 9.17) is 4.74 Å². The molecule has 9 heteroatoms. The van der Waals surface area contributed by atoms with Crippen molar-refractivity contribution in [2.45, 2.75) is 52.3 Å². The van der Waals surface area contributed by atoms with Gasteiger partial charge < -0.3 is 24.8 Å². The molecule has 0 saturated carbocycles. The minimum atomic E-state index is -0.466. The summed E-state index contributed by atoms with van der Waals surface area (Å²) >= 11 is 0. The Labute approximate surface area is 148 Å². The van der Waals surface area contributed by atoms with E-state index in [-0.39, 0.29) is 12.1 Å². The second-order valence-electron chi connectivity index (χ2n) is 7.02. The lowest BCUT2D eigenvalue weighted by Gasteiger charge is -2.40. The predicted octanol–water partition coefficient (Wildman–Crippen LogP) is 0.625. The van der Waals surface area contributed by atoms with Crippen LogP contribution in [0.4, 0.5) is 4.79 Å². The molecule has 0 radical (unpaired) electrons. The number of amides is 1. The molecule has 0 unspecified atom stereocenters. The van der Waals surface area contributed by atoms with Crippen LogP contribution in [0.3, 0.4) is 0 Å². The molecule has 0 spiro atoms. The average Bonchev–Trinajstić information content (AvgIpc) is 2.94. The summed E-state index contributed by atoms with van der Waals surface area (Å²) in [5.74, 6) is 1.69. The van der Waals surface area contributed by atoms with Gasteiger partial charge in [0, 0.05) is 39.6 Å². The number of likely N-dealkylation sites (tertiary alicyclic amines) is 1. The lowest BCUT2D eigenvalue weighted by molar-refractivity contribution is 0.00701.